The second kappa shape index (κ2) is 5.83. The zero-order chi connectivity index (χ0) is 11.3. The van der Waals surface area contributed by atoms with Gasteiger partial charge in [0.2, 0.25) is 0 Å². The van der Waals surface area contributed by atoms with E-state index in [2.05, 4.69) is 0 Å². The van der Waals surface area contributed by atoms with Gasteiger partial charge in [-0.3, -0.25) is 0 Å². The zero-order valence-corrected chi connectivity index (χ0v) is 8.86. The Kier molecular flexibility index (Phi) is 4.72. The van der Waals surface area contributed by atoms with Crippen LogP contribution in [-0.4, -0.2) is 16.3 Å². The Balaban J connectivity index is 2.62. The summed E-state index contributed by atoms with van der Waals surface area (Å²) >= 11 is 0. The number of halogens is 1. The first-order valence-electron chi connectivity index (χ1n) is 5.26. The second-order valence-corrected chi connectivity index (χ2v) is 3.71. The van der Waals surface area contributed by atoms with Crippen LogP contribution in [0.3, 0.4) is 0 Å². The standard InChI is InChI=1S/C12H17FO2/c1-2-3-7-11(14)12(15)9-5-4-6-10(13)8-9/h4-6,8,11-12,14-15H,2-3,7H2,1H3/t11-,12-/m1/s1. The fraction of sp³-hybridized carbons (Fsp3) is 0.500. The minimum Gasteiger partial charge on any atom is -0.390 e. The molecular weight excluding hydrogens is 195 g/mol. The van der Waals surface area contributed by atoms with E-state index < -0.39 is 18.0 Å². The maximum atomic E-state index is 12.9. The first-order valence-corrected chi connectivity index (χ1v) is 5.26. The highest BCUT2D eigenvalue weighted by atomic mass is 19.1. The number of aliphatic hydroxyl groups is 2. The number of unbranched alkanes of at least 4 members (excludes halogenated alkanes) is 1. The Morgan fingerprint density at radius 1 is 1.33 bits per heavy atom. The van der Waals surface area contributed by atoms with Crippen LogP contribution in [0, 0.1) is 5.82 Å². The van der Waals surface area contributed by atoms with Gasteiger partial charge in [-0.1, -0.05) is 31.9 Å². The number of hydrogen-bond acceptors (Lipinski definition) is 2. The average molecular weight is 212 g/mol. The van der Waals surface area contributed by atoms with Crippen LogP contribution in [-0.2, 0) is 0 Å². The molecule has 15 heavy (non-hydrogen) atoms. The number of benzene rings is 1. The zero-order valence-electron chi connectivity index (χ0n) is 8.86. The molecule has 0 aliphatic heterocycles. The summed E-state index contributed by atoms with van der Waals surface area (Å²) in [5.41, 5.74) is 0.429. The third kappa shape index (κ3) is 3.61. The first kappa shape index (κ1) is 12.1. The molecule has 0 amide bonds. The van der Waals surface area contributed by atoms with Crippen LogP contribution >= 0.6 is 0 Å². The molecule has 0 saturated heterocycles. The van der Waals surface area contributed by atoms with Crippen molar-refractivity contribution in [3.05, 3.63) is 35.6 Å². The Morgan fingerprint density at radius 2 is 2.07 bits per heavy atom. The fourth-order valence-corrected chi connectivity index (χ4v) is 1.48. The number of aliphatic hydroxyl groups excluding tert-OH is 2. The largest absolute Gasteiger partial charge is 0.390 e. The van der Waals surface area contributed by atoms with E-state index in [1.54, 1.807) is 6.07 Å². The summed E-state index contributed by atoms with van der Waals surface area (Å²) in [6, 6.07) is 5.71. The number of rotatable bonds is 5. The topological polar surface area (TPSA) is 40.5 Å². The lowest BCUT2D eigenvalue weighted by Crippen LogP contribution is -2.18. The van der Waals surface area contributed by atoms with Gasteiger partial charge in [-0.2, -0.15) is 0 Å². The normalized spacial score (nSPS) is 14.9. The molecule has 0 saturated carbocycles. The molecule has 1 rings (SSSR count). The highest BCUT2D eigenvalue weighted by molar-refractivity contribution is 5.19. The third-order valence-corrected chi connectivity index (χ3v) is 2.41. The predicted octanol–water partition coefficient (Wildman–Crippen LogP) is 2.41. The van der Waals surface area contributed by atoms with Gasteiger partial charge in [0.1, 0.15) is 11.9 Å². The van der Waals surface area contributed by atoms with E-state index >= 15 is 0 Å². The minimum atomic E-state index is -0.993. The van der Waals surface area contributed by atoms with Crippen molar-refractivity contribution in [2.24, 2.45) is 0 Å². The molecule has 0 unspecified atom stereocenters. The third-order valence-electron chi connectivity index (χ3n) is 2.41. The van der Waals surface area contributed by atoms with Crippen molar-refractivity contribution in [1.29, 1.82) is 0 Å². The van der Waals surface area contributed by atoms with Crippen molar-refractivity contribution in [1.82, 2.24) is 0 Å². The maximum absolute atomic E-state index is 12.9. The van der Waals surface area contributed by atoms with Crippen molar-refractivity contribution >= 4 is 0 Å². The summed E-state index contributed by atoms with van der Waals surface area (Å²) < 4.78 is 12.9. The Labute approximate surface area is 89.4 Å². The van der Waals surface area contributed by atoms with E-state index in [9.17, 15) is 14.6 Å². The van der Waals surface area contributed by atoms with Gasteiger partial charge in [-0.25, -0.2) is 4.39 Å². The summed E-state index contributed by atoms with van der Waals surface area (Å²) in [5.74, 6) is -0.394. The molecule has 0 aliphatic carbocycles. The Bertz CT molecular complexity index is 301. The summed E-state index contributed by atoms with van der Waals surface area (Å²) in [5, 5.41) is 19.3. The van der Waals surface area contributed by atoms with Gasteiger partial charge >= 0.3 is 0 Å². The van der Waals surface area contributed by atoms with Crippen LogP contribution in [0.1, 0.15) is 37.9 Å². The van der Waals surface area contributed by atoms with Crippen LogP contribution in [0.2, 0.25) is 0 Å². The molecule has 2 nitrogen and oxygen atoms in total. The van der Waals surface area contributed by atoms with Crippen molar-refractivity contribution in [2.45, 2.75) is 38.4 Å². The van der Waals surface area contributed by atoms with Gasteiger partial charge in [0.05, 0.1) is 6.10 Å². The summed E-state index contributed by atoms with van der Waals surface area (Å²) in [6.45, 7) is 2.02. The first-order chi connectivity index (χ1) is 7.15. The van der Waals surface area contributed by atoms with E-state index in [0.717, 1.165) is 12.8 Å². The quantitative estimate of drug-likeness (QED) is 0.786. The summed E-state index contributed by atoms with van der Waals surface area (Å²) in [4.78, 5) is 0. The molecule has 0 spiro atoms. The van der Waals surface area contributed by atoms with Gasteiger partial charge in [0.15, 0.2) is 0 Å². The lowest BCUT2D eigenvalue weighted by Gasteiger charge is -2.17. The monoisotopic (exact) mass is 212 g/mol. The van der Waals surface area contributed by atoms with Crippen molar-refractivity contribution in [3.8, 4) is 0 Å². The molecule has 2 atom stereocenters. The SMILES string of the molecule is CCCC[C@@H](O)[C@H](O)c1cccc(F)c1. The van der Waals surface area contributed by atoms with Gasteiger partial charge in [-0.05, 0) is 24.1 Å². The Hall–Kier alpha value is -0.930. The van der Waals surface area contributed by atoms with Crippen molar-refractivity contribution in [2.75, 3.05) is 0 Å². The maximum Gasteiger partial charge on any atom is 0.123 e. The number of hydrogen-bond donors (Lipinski definition) is 2. The van der Waals surface area contributed by atoms with E-state index in [4.69, 9.17) is 0 Å². The fourth-order valence-electron chi connectivity index (χ4n) is 1.48. The van der Waals surface area contributed by atoms with Gasteiger partial charge in [0, 0.05) is 0 Å². The van der Waals surface area contributed by atoms with Crippen LogP contribution in [0.5, 0.6) is 0 Å². The van der Waals surface area contributed by atoms with E-state index in [1.807, 2.05) is 6.92 Å². The Morgan fingerprint density at radius 3 is 2.67 bits per heavy atom. The van der Waals surface area contributed by atoms with Crippen LogP contribution in [0.25, 0.3) is 0 Å². The lowest BCUT2D eigenvalue weighted by molar-refractivity contribution is 0.0121. The molecule has 0 aliphatic rings. The van der Waals surface area contributed by atoms with E-state index in [1.165, 1.54) is 18.2 Å². The van der Waals surface area contributed by atoms with Crippen LogP contribution in [0.15, 0.2) is 24.3 Å². The molecule has 0 bridgehead atoms. The minimum absolute atomic E-state index is 0.394. The highest BCUT2D eigenvalue weighted by Gasteiger charge is 2.17. The average Bonchev–Trinajstić information content (AvgIpc) is 2.24. The van der Waals surface area contributed by atoms with Crippen molar-refractivity contribution < 1.29 is 14.6 Å². The highest BCUT2D eigenvalue weighted by Crippen LogP contribution is 2.20. The van der Waals surface area contributed by atoms with Gasteiger partial charge in [0.25, 0.3) is 0 Å². The summed E-state index contributed by atoms with van der Waals surface area (Å²) in [6.07, 6.45) is 0.549. The second-order valence-electron chi connectivity index (χ2n) is 3.71. The molecule has 0 radical (unpaired) electrons. The molecule has 1 aromatic rings. The molecule has 84 valence electrons. The molecular formula is C12H17FO2. The molecule has 0 aromatic heterocycles. The van der Waals surface area contributed by atoms with E-state index in [-0.39, 0.29) is 0 Å². The molecule has 2 N–H and O–H groups in total. The smallest absolute Gasteiger partial charge is 0.123 e. The van der Waals surface area contributed by atoms with Crippen LogP contribution < -0.4 is 0 Å². The van der Waals surface area contributed by atoms with Crippen molar-refractivity contribution in [3.63, 3.8) is 0 Å². The molecule has 0 heterocycles. The summed E-state index contributed by atoms with van der Waals surface area (Å²) in [7, 11) is 0. The molecule has 1 aromatic carbocycles. The van der Waals surface area contributed by atoms with Gasteiger partial charge < -0.3 is 10.2 Å². The van der Waals surface area contributed by atoms with Crippen LogP contribution in [0.4, 0.5) is 4.39 Å². The molecule has 3 heteroatoms. The lowest BCUT2D eigenvalue weighted by atomic mass is 10.0. The predicted molar refractivity (Wildman–Crippen MR) is 56.9 cm³/mol. The van der Waals surface area contributed by atoms with E-state index in [0.29, 0.717) is 12.0 Å². The van der Waals surface area contributed by atoms with Gasteiger partial charge in [-0.15, -0.1) is 0 Å². The molecule has 0 fully saturated rings.